The van der Waals surface area contributed by atoms with E-state index in [0.29, 0.717) is 44.1 Å². The highest BCUT2D eigenvalue weighted by Gasteiger charge is 2.67. The molecule has 0 aromatic heterocycles. The second-order valence-corrected chi connectivity index (χ2v) is 14.1. The van der Waals surface area contributed by atoms with Gasteiger partial charge in [-0.3, -0.25) is 4.79 Å². The van der Waals surface area contributed by atoms with Crippen molar-refractivity contribution in [3.05, 3.63) is 0 Å². The van der Waals surface area contributed by atoms with Crippen LogP contribution in [0.4, 0.5) is 0 Å². The zero-order valence-corrected chi connectivity index (χ0v) is 21.6. The van der Waals surface area contributed by atoms with Gasteiger partial charge < -0.3 is 20.1 Å². The number of hydrogen-bond acceptors (Lipinski definition) is 6. The summed E-state index contributed by atoms with van der Waals surface area (Å²) in [7, 11) is -4.00. The van der Waals surface area contributed by atoms with Crippen molar-refractivity contribution < 1.29 is 27.6 Å². The molecule has 192 valence electrons. The van der Waals surface area contributed by atoms with Crippen LogP contribution in [-0.2, 0) is 24.3 Å². The van der Waals surface area contributed by atoms with E-state index in [1.165, 1.54) is 15.0 Å². The normalized spacial score (nSPS) is 42.4. The number of carboxylic acids is 1. The first-order valence-electron chi connectivity index (χ1n) is 13.0. The summed E-state index contributed by atoms with van der Waals surface area (Å²) in [6, 6.07) is 0. The second-order valence-electron chi connectivity index (χ2n) is 12.1. The van der Waals surface area contributed by atoms with Crippen LogP contribution in [0.1, 0.15) is 65.7 Å². The third-order valence-corrected chi connectivity index (χ3v) is 11.9. The standard InChI is InChI=1S/C23H40BN3O6S/c1-21(2)17-12-18(21)22(3)19(13-17)32-24(33-22)9-7-8-16-14-27(15-23(16,25)20(28)29)34(30,31)26-10-5-4-6-11-26/h16-19H,4-15,25H2,1-3H3,(H,28,29)/t16-,17+,18+,19-,22+,23-/m0/s1. The van der Waals surface area contributed by atoms with Gasteiger partial charge in [0, 0.05) is 32.1 Å². The Bertz CT molecular complexity index is 928. The van der Waals surface area contributed by atoms with Crippen LogP contribution >= 0.6 is 0 Å². The molecule has 0 aromatic rings. The fraction of sp³-hybridized carbons (Fsp3) is 0.957. The van der Waals surface area contributed by atoms with E-state index < -0.39 is 27.6 Å². The van der Waals surface area contributed by atoms with Crippen LogP contribution in [0.15, 0.2) is 0 Å². The number of rotatable bonds is 7. The molecular weight excluding hydrogens is 457 g/mol. The predicted molar refractivity (Wildman–Crippen MR) is 128 cm³/mol. The average Bonchev–Trinajstić information content (AvgIpc) is 3.31. The van der Waals surface area contributed by atoms with Gasteiger partial charge in [-0.1, -0.05) is 26.7 Å². The molecule has 3 saturated heterocycles. The molecule has 6 aliphatic rings. The number of nitrogens with zero attached hydrogens (tertiary/aromatic N) is 2. The summed E-state index contributed by atoms with van der Waals surface area (Å²) in [6.45, 7) is 7.80. The lowest BCUT2D eigenvalue weighted by Gasteiger charge is -2.64. The van der Waals surface area contributed by atoms with E-state index in [-0.39, 0.29) is 37.3 Å². The highest BCUT2D eigenvalue weighted by Crippen LogP contribution is 2.65. The molecule has 3 aliphatic carbocycles. The van der Waals surface area contributed by atoms with E-state index in [4.69, 9.17) is 15.0 Å². The van der Waals surface area contributed by atoms with Gasteiger partial charge in [-0.2, -0.15) is 17.0 Å². The molecule has 6 atom stereocenters. The van der Waals surface area contributed by atoms with Gasteiger partial charge in [-0.25, -0.2) is 0 Å². The van der Waals surface area contributed by atoms with Gasteiger partial charge in [-0.15, -0.1) is 0 Å². The van der Waals surface area contributed by atoms with Crippen molar-refractivity contribution in [2.45, 2.75) is 89.3 Å². The van der Waals surface area contributed by atoms with Crippen LogP contribution in [0.3, 0.4) is 0 Å². The maximum absolute atomic E-state index is 13.2. The topological polar surface area (TPSA) is 122 Å². The SMILES string of the molecule is CC1(C)[C@H]2C[C@@H]3OB(CCC[C@H]4CN(S(=O)(=O)N5CCCCC5)C[C@@]4(N)C(=O)O)O[C@]3(C)[C@@H]1C2. The molecule has 3 N–H and O–H groups in total. The third kappa shape index (κ3) is 3.77. The molecule has 0 aromatic carbocycles. The van der Waals surface area contributed by atoms with Gasteiger partial charge in [0.2, 0.25) is 0 Å². The van der Waals surface area contributed by atoms with Crippen LogP contribution in [0.5, 0.6) is 0 Å². The van der Waals surface area contributed by atoms with Crippen LogP contribution < -0.4 is 5.73 Å². The van der Waals surface area contributed by atoms with Crippen molar-refractivity contribution in [3.63, 3.8) is 0 Å². The smallest absolute Gasteiger partial charge is 0.457 e. The van der Waals surface area contributed by atoms with Gasteiger partial charge >= 0.3 is 13.1 Å². The lowest BCUT2D eigenvalue weighted by atomic mass is 9.43. The van der Waals surface area contributed by atoms with Gasteiger partial charge in [0.25, 0.3) is 10.2 Å². The third-order valence-electron chi connectivity index (χ3n) is 9.95. The Morgan fingerprint density at radius 3 is 2.50 bits per heavy atom. The van der Waals surface area contributed by atoms with Gasteiger partial charge in [-0.05, 0) is 62.6 Å². The lowest BCUT2D eigenvalue weighted by Crippen LogP contribution is -2.65. The van der Waals surface area contributed by atoms with Crippen LogP contribution in [0.25, 0.3) is 0 Å². The van der Waals surface area contributed by atoms with E-state index in [0.717, 1.165) is 25.7 Å². The minimum atomic E-state index is -3.70. The van der Waals surface area contributed by atoms with Gasteiger partial charge in [0.05, 0.1) is 11.7 Å². The van der Waals surface area contributed by atoms with Crippen molar-refractivity contribution in [2.24, 2.45) is 28.9 Å². The van der Waals surface area contributed by atoms with E-state index in [1.807, 2.05) is 0 Å². The Morgan fingerprint density at radius 1 is 1.15 bits per heavy atom. The summed E-state index contributed by atoms with van der Waals surface area (Å²) in [5, 5.41) is 9.90. The number of piperidine rings is 1. The average molecular weight is 497 g/mol. The molecule has 3 heterocycles. The highest BCUT2D eigenvalue weighted by molar-refractivity contribution is 7.86. The second kappa shape index (κ2) is 8.41. The van der Waals surface area contributed by atoms with Gasteiger partial charge in [0.1, 0.15) is 5.54 Å². The molecule has 34 heavy (non-hydrogen) atoms. The fourth-order valence-corrected chi connectivity index (χ4v) is 9.32. The molecule has 0 unspecified atom stereocenters. The molecule has 9 nitrogen and oxygen atoms in total. The number of carbonyl (C=O) groups is 1. The molecule has 11 heteroatoms. The number of aliphatic carboxylic acids is 1. The Hall–Kier alpha value is -0.715. The molecule has 3 aliphatic heterocycles. The summed E-state index contributed by atoms with van der Waals surface area (Å²) in [5.41, 5.74) is 4.80. The van der Waals surface area contributed by atoms with Crippen molar-refractivity contribution in [1.82, 2.24) is 8.61 Å². The van der Waals surface area contributed by atoms with Crippen molar-refractivity contribution in [3.8, 4) is 0 Å². The van der Waals surface area contributed by atoms with Crippen LogP contribution in [0, 0.1) is 23.2 Å². The number of nitrogens with two attached hydrogens (primary N) is 1. The first-order chi connectivity index (χ1) is 15.9. The Morgan fingerprint density at radius 2 is 1.85 bits per heavy atom. The number of hydrogen-bond donors (Lipinski definition) is 2. The maximum atomic E-state index is 13.2. The van der Waals surface area contributed by atoms with E-state index >= 15 is 0 Å². The predicted octanol–water partition coefficient (Wildman–Crippen LogP) is 1.94. The zero-order valence-electron chi connectivity index (χ0n) is 20.7. The number of carboxylic acid groups (broad SMARTS) is 1. The Labute approximate surface area is 204 Å². The molecule has 3 saturated carbocycles. The largest absolute Gasteiger partial charge is 0.480 e. The lowest BCUT2D eigenvalue weighted by molar-refractivity contribution is -0.199. The Kier molecular flexibility index (Phi) is 6.18. The fourth-order valence-electron chi connectivity index (χ4n) is 7.53. The molecule has 6 rings (SSSR count). The first-order valence-corrected chi connectivity index (χ1v) is 14.4. The molecule has 2 bridgehead atoms. The highest BCUT2D eigenvalue weighted by atomic mass is 32.2. The quantitative estimate of drug-likeness (QED) is 0.516. The van der Waals surface area contributed by atoms with Crippen molar-refractivity contribution in [2.75, 3.05) is 26.2 Å². The summed E-state index contributed by atoms with van der Waals surface area (Å²) in [4.78, 5) is 12.1. The van der Waals surface area contributed by atoms with Crippen molar-refractivity contribution >= 4 is 23.3 Å². The van der Waals surface area contributed by atoms with E-state index in [1.54, 1.807) is 0 Å². The summed E-state index contributed by atoms with van der Waals surface area (Å²) in [6.07, 6.45) is 6.92. The monoisotopic (exact) mass is 497 g/mol. The molecule has 0 spiro atoms. The van der Waals surface area contributed by atoms with E-state index in [2.05, 4.69) is 20.8 Å². The van der Waals surface area contributed by atoms with Crippen molar-refractivity contribution in [1.29, 1.82) is 0 Å². The zero-order chi connectivity index (χ0) is 24.5. The minimum Gasteiger partial charge on any atom is -0.480 e. The maximum Gasteiger partial charge on any atom is 0.457 e. The summed E-state index contributed by atoms with van der Waals surface area (Å²) in [5.74, 6) is -0.392. The molecular formula is C23H40BN3O6S. The molecule has 6 fully saturated rings. The van der Waals surface area contributed by atoms with Gasteiger partial charge in [0.15, 0.2) is 0 Å². The minimum absolute atomic E-state index is 0.124. The van der Waals surface area contributed by atoms with Crippen LogP contribution in [0.2, 0.25) is 6.32 Å². The summed E-state index contributed by atoms with van der Waals surface area (Å²) < 4.78 is 41.9. The van der Waals surface area contributed by atoms with Crippen LogP contribution in [-0.4, -0.2) is 78.6 Å². The molecule has 0 amide bonds. The van der Waals surface area contributed by atoms with E-state index in [9.17, 15) is 18.3 Å². The molecule has 0 radical (unpaired) electrons. The first kappa shape index (κ1) is 25.0. The Balaban J connectivity index is 1.20. The summed E-state index contributed by atoms with van der Waals surface area (Å²) >= 11 is 0.